The van der Waals surface area contributed by atoms with E-state index < -0.39 is 0 Å². The zero-order chi connectivity index (χ0) is 8.39. The van der Waals surface area contributed by atoms with Gasteiger partial charge in [0.25, 0.3) is 6.02 Å². The molecule has 1 aliphatic rings. The molecular formula is C9H10N2O. The lowest BCUT2D eigenvalue weighted by atomic mass is 10.1. The van der Waals surface area contributed by atoms with Crippen LogP contribution in [0, 0.1) is 0 Å². The molecule has 0 bridgehead atoms. The number of amidine groups is 1. The molecule has 0 saturated carbocycles. The van der Waals surface area contributed by atoms with Gasteiger partial charge in [0.1, 0.15) is 12.6 Å². The second kappa shape index (κ2) is 2.85. The third-order valence-corrected chi connectivity index (χ3v) is 1.86. The van der Waals surface area contributed by atoms with Crippen LogP contribution in [0.3, 0.4) is 0 Å². The predicted molar refractivity (Wildman–Crippen MR) is 46.8 cm³/mol. The normalized spacial score (nSPS) is 21.7. The maximum Gasteiger partial charge on any atom is 0.282 e. The smallest absolute Gasteiger partial charge is 0.282 e. The predicted octanol–water partition coefficient (Wildman–Crippen LogP) is 1.07. The maximum atomic E-state index is 5.39. The van der Waals surface area contributed by atoms with Crippen molar-refractivity contribution in [2.24, 2.45) is 10.7 Å². The molecule has 2 N–H and O–H groups in total. The van der Waals surface area contributed by atoms with Crippen LogP contribution in [0.4, 0.5) is 0 Å². The number of ether oxygens (including phenoxy) is 1. The Morgan fingerprint density at radius 2 is 2.08 bits per heavy atom. The minimum atomic E-state index is 0.0891. The fourth-order valence-corrected chi connectivity index (χ4v) is 1.24. The van der Waals surface area contributed by atoms with Crippen LogP contribution in [0.25, 0.3) is 0 Å². The Bertz CT molecular complexity index is 295. The van der Waals surface area contributed by atoms with E-state index in [0.717, 1.165) is 5.56 Å². The Morgan fingerprint density at radius 1 is 1.33 bits per heavy atom. The highest BCUT2D eigenvalue weighted by Crippen LogP contribution is 2.20. The number of benzene rings is 1. The highest BCUT2D eigenvalue weighted by Gasteiger charge is 2.17. The maximum absolute atomic E-state index is 5.39. The molecule has 1 aromatic carbocycles. The van der Waals surface area contributed by atoms with Crippen molar-refractivity contribution in [2.75, 3.05) is 6.61 Å². The zero-order valence-corrected chi connectivity index (χ0v) is 6.60. The second-order valence-electron chi connectivity index (χ2n) is 2.70. The van der Waals surface area contributed by atoms with Crippen LogP contribution in [-0.2, 0) is 4.74 Å². The van der Waals surface area contributed by atoms with Crippen molar-refractivity contribution in [2.45, 2.75) is 6.04 Å². The van der Waals surface area contributed by atoms with Gasteiger partial charge in [0, 0.05) is 0 Å². The van der Waals surface area contributed by atoms with Crippen LogP contribution >= 0.6 is 0 Å². The summed E-state index contributed by atoms with van der Waals surface area (Å²) in [6, 6.07) is 10.4. The van der Waals surface area contributed by atoms with Gasteiger partial charge in [-0.05, 0) is 5.56 Å². The molecule has 0 saturated heterocycles. The van der Waals surface area contributed by atoms with E-state index in [4.69, 9.17) is 10.5 Å². The lowest BCUT2D eigenvalue weighted by Crippen LogP contribution is -2.10. The molecule has 1 aromatic rings. The Hall–Kier alpha value is -1.51. The standard InChI is InChI=1S/C9H10N2O/c10-9-11-8(6-12-9)7-4-2-1-3-5-7/h1-5,8H,6H2,(H2,10,11). The first-order valence-corrected chi connectivity index (χ1v) is 3.87. The highest BCUT2D eigenvalue weighted by molar-refractivity contribution is 5.73. The third kappa shape index (κ3) is 1.25. The molecule has 12 heavy (non-hydrogen) atoms. The van der Waals surface area contributed by atoms with Crippen molar-refractivity contribution in [3.05, 3.63) is 35.9 Å². The fraction of sp³-hybridized carbons (Fsp3) is 0.222. The number of rotatable bonds is 1. The SMILES string of the molecule is NC1=NC(c2ccccc2)CO1. The van der Waals surface area contributed by atoms with Crippen molar-refractivity contribution in [3.63, 3.8) is 0 Å². The Labute approximate surface area is 70.9 Å². The number of nitrogens with two attached hydrogens (primary N) is 1. The molecule has 0 spiro atoms. The molecule has 0 amide bonds. The molecule has 1 unspecified atom stereocenters. The van der Waals surface area contributed by atoms with Crippen LogP contribution in [0.15, 0.2) is 35.3 Å². The van der Waals surface area contributed by atoms with Crippen LogP contribution < -0.4 is 5.73 Å². The van der Waals surface area contributed by atoms with E-state index in [9.17, 15) is 0 Å². The number of hydrogen-bond donors (Lipinski definition) is 1. The summed E-state index contributed by atoms with van der Waals surface area (Å²) in [6.45, 7) is 0.565. The van der Waals surface area contributed by atoms with Crippen molar-refractivity contribution in [1.82, 2.24) is 0 Å². The van der Waals surface area contributed by atoms with Crippen LogP contribution in [0.2, 0.25) is 0 Å². The first kappa shape index (κ1) is 7.16. The van der Waals surface area contributed by atoms with Gasteiger partial charge in [-0.1, -0.05) is 30.3 Å². The quantitative estimate of drug-likeness (QED) is 0.671. The van der Waals surface area contributed by atoms with Crippen LogP contribution in [0.1, 0.15) is 11.6 Å². The Balaban J connectivity index is 2.22. The zero-order valence-electron chi connectivity index (χ0n) is 6.60. The van der Waals surface area contributed by atoms with E-state index in [1.807, 2.05) is 30.3 Å². The van der Waals surface area contributed by atoms with Crippen molar-refractivity contribution < 1.29 is 4.74 Å². The average molecular weight is 162 g/mol. The highest BCUT2D eigenvalue weighted by atomic mass is 16.5. The average Bonchev–Trinajstić information content (AvgIpc) is 2.54. The van der Waals surface area contributed by atoms with E-state index in [1.54, 1.807) is 0 Å². The first-order valence-electron chi connectivity index (χ1n) is 3.87. The van der Waals surface area contributed by atoms with Gasteiger partial charge >= 0.3 is 0 Å². The van der Waals surface area contributed by atoms with E-state index in [-0.39, 0.29) is 6.04 Å². The summed E-state index contributed by atoms with van der Waals surface area (Å²) in [7, 11) is 0. The summed E-state index contributed by atoms with van der Waals surface area (Å²) >= 11 is 0. The summed E-state index contributed by atoms with van der Waals surface area (Å²) in [5.41, 5.74) is 6.54. The van der Waals surface area contributed by atoms with E-state index in [1.165, 1.54) is 0 Å². The molecule has 0 radical (unpaired) electrons. The van der Waals surface area contributed by atoms with Gasteiger partial charge in [0.15, 0.2) is 0 Å². The topological polar surface area (TPSA) is 47.6 Å². The Kier molecular flexibility index (Phi) is 1.70. The first-order chi connectivity index (χ1) is 5.86. The van der Waals surface area contributed by atoms with Gasteiger partial charge in [-0.15, -0.1) is 0 Å². The van der Waals surface area contributed by atoms with E-state index in [0.29, 0.717) is 12.6 Å². The molecule has 62 valence electrons. The molecule has 0 aromatic heterocycles. The van der Waals surface area contributed by atoms with Crippen molar-refractivity contribution in [1.29, 1.82) is 0 Å². The molecule has 3 heteroatoms. The molecule has 3 nitrogen and oxygen atoms in total. The van der Waals surface area contributed by atoms with E-state index >= 15 is 0 Å². The monoisotopic (exact) mass is 162 g/mol. The molecule has 0 aliphatic carbocycles. The number of hydrogen-bond acceptors (Lipinski definition) is 3. The van der Waals surface area contributed by atoms with Crippen LogP contribution in [-0.4, -0.2) is 12.6 Å². The Morgan fingerprint density at radius 3 is 2.67 bits per heavy atom. The summed E-state index contributed by atoms with van der Waals surface area (Å²) in [5, 5.41) is 0. The van der Waals surface area contributed by atoms with Gasteiger partial charge < -0.3 is 10.5 Å². The summed E-state index contributed by atoms with van der Waals surface area (Å²) in [6.07, 6.45) is 0. The van der Waals surface area contributed by atoms with Gasteiger partial charge in [-0.2, -0.15) is 0 Å². The van der Waals surface area contributed by atoms with Gasteiger partial charge in [-0.25, -0.2) is 4.99 Å². The molecule has 1 atom stereocenters. The third-order valence-electron chi connectivity index (χ3n) is 1.86. The van der Waals surface area contributed by atoms with Gasteiger partial charge in [-0.3, -0.25) is 0 Å². The minimum absolute atomic E-state index is 0.0891. The van der Waals surface area contributed by atoms with Gasteiger partial charge in [0.2, 0.25) is 0 Å². The molecule has 0 fully saturated rings. The molecule has 1 heterocycles. The summed E-state index contributed by atoms with van der Waals surface area (Å²) < 4.78 is 5.05. The van der Waals surface area contributed by atoms with Crippen molar-refractivity contribution >= 4 is 6.02 Å². The molecular weight excluding hydrogens is 152 g/mol. The van der Waals surface area contributed by atoms with Gasteiger partial charge in [0.05, 0.1) is 0 Å². The fourth-order valence-electron chi connectivity index (χ4n) is 1.24. The largest absolute Gasteiger partial charge is 0.463 e. The summed E-state index contributed by atoms with van der Waals surface area (Å²) in [4.78, 5) is 4.13. The molecule has 1 aliphatic heterocycles. The van der Waals surface area contributed by atoms with Crippen molar-refractivity contribution in [3.8, 4) is 0 Å². The van der Waals surface area contributed by atoms with E-state index in [2.05, 4.69) is 4.99 Å². The summed E-state index contributed by atoms with van der Waals surface area (Å²) in [5.74, 6) is 0. The number of nitrogens with zero attached hydrogens (tertiary/aromatic N) is 1. The van der Waals surface area contributed by atoms with Crippen LogP contribution in [0.5, 0.6) is 0 Å². The number of aliphatic imine (C=N–C) groups is 1. The lowest BCUT2D eigenvalue weighted by Gasteiger charge is -2.03. The molecule has 2 rings (SSSR count). The second-order valence-corrected chi connectivity index (χ2v) is 2.70. The lowest BCUT2D eigenvalue weighted by molar-refractivity contribution is 0.315. The minimum Gasteiger partial charge on any atom is -0.463 e.